The number of carbonyl (C=O) groups excluding carboxylic acids is 1. The molecule has 0 fully saturated rings. The molecular formula is C14H20BrN3O3S. The summed E-state index contributed by atoms with van der Waals surface area (Å²) in [6.45, 7) is 3.99. The fourth-order valence-corrected chi connectivity index (χ4v) is 3.80. The molecule has 0 saturated heterocycles. The van der Waals surface area contributed by atoms with Gasteiger partial charge in [0.15, 0.2) is 15.8 Å². The van der Waals surface area contributed by atoms with Crippen molar-refractivity contribution in [3.8, 4) is 0 Å². The van der Waals surface area contributed by atoms with E-state index in [1.165, 1.54) is 6.07 Å². The van der Waals surface area contributed by atoms with Crippen LogP contribution < -0.4 is 11.5 Å². The second-order valence-corrected chi connectivity index (χ2v) is 7.84. The van der Waals surface area contributed by atoms with E-state index in [4.69, 9.17) is 11.5 Å². The normalized spacial score (nSPS) is 11.5. The molecule has 0 heterocycles. The topological polar surface area (TPSA) is 116 Å². The highest BCUT2D eigenvalue weighted by molar-refractivity contribution is 9.10. The zero-order valence-electron chi connectivity index (χ0n) is 12.8. The summed E-state index contributed by atoms with van der Waals surface area (Å²) in [5.41, 5.74) is 11.2. The van der Waals surface area contributed by atoms with Gasteiger partial charge in [0.05, 0.1) is 10.5 Å². The van der Waals surface area contributed by atoms with Gasteiger partial charge in [-0.15, -0.1) is 0 Å². The molecule has 0 aliphatic heterocycles. The van der Waals surface area contributed by atoms with E-state index < -0.39 is 15.7 Å². The molecule has 1 aromatic rings. The van der Waals surface area contributed by atoms with E-state index in [1.807, 2.05) is 13.8 Å². The molecule has 1 amide bonds. The van der Waals surface area contributed by atoms with Gasteiger partial charge >= 0.3 is 0 Å². The molecule has 1 rings (SSSR count). The predicted molar refractivity (Wildman–Crippen MR) is 90.7 cm³/mol. The Balaban J connectivity index is 3.62. The maximum absolute atomic E-state index is 12.1. The molecule has 6 nitrogen and oxygen atoms in total. The Morgan fingerprint density at radius 2 is 1.82 bits per heavy atom. The molecule has 8 heteroatoms. The number of benzene rings is 1. The number of nitrogens with zero attached hydrogens (tertiary/aromatic N) is 1. The summed E-state index contributed by atoms with van der Waals surface area (Å²) >= 11 is 3.30. The number of halogens is 1. The van der Waals surface area contributed by atoms with Crippen molar-refractivity contribution in [1.29, 1.82) is 0 Å². The number of rotatable bonds is 5. The second kappa shape index (κ2) is 7.23. The minimum atomic E-state index is -3.48. The first-order valence-corrected chi connectivity index (χ1v) is 9.47. The molecular weight excluding hydrogens is 370 g/mol. The van der Waals surface area contributed by atoms with Crippen molar-refractivity contribution < 1.29 is 13.2 Å². The number of nitrogens with two attached hydrogens (primary N) is 2. The molecule has 22 heavy (non-hydrogen) atoms. The van der Waals surface area contributed by atoms with Crippen molar-refractivity contribution in [3.63, 3.8) is 0 Å². The van der Waals surface area contributed by atoms with E-state index >= 15 is 0 Å². The Kier molecular flexibility index (Phi) is 6.13. The highest BCUT2D eigenvalue weighted by Crippen LogP contribution is 2.34. The molecule has 0 spiro atoms. The van der Waals surface area contributed by atoms with Crippen molar-refractivity contribution >= 4 is 37.6 Å². The van der Waals surface area contributed by atoms with E-state index in [2.05, 4.69) is 20.9 Å². The molecule has 122 valence electrons. The van der Waals surface area contributed by atoms with E-state index in [0.717, 1.165) is 19.1 Å². The monoisotopic (exact) mass is 389 g/mol. The van der Waals surface area contributed by atoms with Crippen LogP contribution in [0.5, 0.6) is 0 Å². The summed E-state index contributed by atoms with van der Waals surface area (Å²) in [4.78, 5) is 15.6. The Labute approximate surface area is 139 Å². The van der Waals surface area contributed by atoms with Crippen molar-refractivity contribution in [1.82, 2.24) is 0 Å². The van der Waals surface area contributed by atoms with Crippen LogP contribution >= 0.6 is 15.9 Å². The lowest BCUT2D eigenvalue weighted by atomic mass is 9.93. The van der Waals surface area contributed by atoms with Crippen LogP contribution in [0.2, 0.25) is 0 Å². The van der Waals surface area contributed by atoms with Crippen LogP contribution in [-0.4, -0.2) is 26.5 Å². The predicted octanol–water partition coefficient (Wildman–Crippen LogP) is 2.17. The largest absolute Gasteiger partial charge is 0.370 e. The highest BCUT2D eigenvalue weighted by Gasteiger charge is 2.23. The third-order valence-electron chi connectivity index (χ3n) is 3.39. The van der Waals surface area contributed by atoms with Gasteiger partial charge in [-0.1, -0.05) is 13.8 Å². The van der Waals surface area contributed by atoms with E-state index in [0.29, 0.717) is 10.0 Å². The van der Waals surface area contributed by atoms with Gasteiger partial charge in [0.2, 0.25) is 0 Å². The Hall–Kier alpha value is -1.41. The first-order chi connectivity index (χ1) is 10.1. The van der Waals surface area contributed by atoms with Gasteiger partial charge in [0.25, 0.3) is 5.91 Å². The van der Waals surface area contributed by atoms with Gasteiger partial charge < -0.3 is 11.5 Å². The number of hydrogen-bond donors (Lipinski definition) is 2. The molecule has 0 radical (unpaired) electrons. The quantitative estimate of drug-likeness (QED) is 0.591. The van der Waals surface area contributed by atoms with Gasteiger partial charge in [-0.25, -0.2) is 8.42 Å². The minimum Gasteiger partial charge on any atom is -0.370 e. The van der Waals surface area contributed by atoms with Crippen LogP contribution in [0.25, 0.3) is 0 Å². The molecule has 0 aliphatic rings. The van der Waals surface area contributed by atoms with Gasteiger partial charge in [0.1, 0.15) is 0 Å². The number of hydrogen-bond acceptors (Lipinski definition) is 3. The number of amides is 1. The van der Waals surface area contributed by atoms with Crippen molar-refractivity contribution in [3.05, 3.63) is 27.7 Å². The van der Waals surface area contributed by atoms with E-state index in [9.17, 15) is 13.2 Å². The Morgan fingerprint density at radius 3 is 2.23 bits per heavy atom. The zero-order chi connectivity index (χ0) is 17.1. The Bertz CT molecular complexity index is 706. The smallest absolute Gasteiger partial charge is 0.281 e. The summed E-state index contributed by atoms with van der Waals surface area (Å²) in [6.07, 6.45) is 2.72. The highest BCUT2D eigenvalue weighted by atomic mass is 79.9. The molecule has 0 atom stereocenters. The molecule has 4 N–H and O–H groups in total. The number of aliphatic imine (C=N–C) groups is 1. The summed E-state index contributed by atoms with van der Waals surface area (Å²) in [7, 11) is -3.48. The molecule has 1 aromatic carbocycles. The summed E-state index contributed by atoms with van der Waals surface area (Å²) < 4.78 is 24.6. The third kappa shape index (κ3) is 4.30. The lowest BCUT2D eigenvalue weighted by Gasteiger charge is -2.18. The number of sulfone groups is 1. The lowest BCUT2D eigenvalue weighted by molar-refractivity contribution is 0.100. The average molecular weight is 390 g/mol. The molecule has 0 aliphatic carbocycles. The standard InChI is InChI=1S/C14H20BrN3O3S/c1-4-8(5-2)9-6-11(15)10(13(19)18-14(16)17)7-12(9)22(3,20)21/h6-8H,4-5H2,1-3H3,(H4,16,17,18,19). The molecule has 0 saturated carbocycles. The maximum Gasteiger partial charge on any atom is 0.281 e. The maximum atomic E-state index is 12.1. The van der Waals surface area contributed by atoms with Crippen LogP contribution in [0.15, 0.2) is 26.5 Å². The van der Waals surface area contributed by atoms with Gasteiger partial charge in [-0.2, -0.15) is 4.99 Å². The van der Waals surface area contributed by atoms with Gasteiger partial charge in [0, 0.05) is 10.7 Å². The number of guanidine groups is 1. The molecule has 0 unspecified atom stereocenters. The molecule has 0 aromatic heterocycles. The van der Waals surface area contributed by atoms with Crippen molar-refractivity contribution in [2.24, 2.45) is 16.5 Å². The second-order valence-electron chi connectivity index (χ2n) is 5.00. The first kappa shape index (κ1) is 18.6. The summed E-state index contributed by atoms with van der Waals surface area (Å²) in [5, 5.41) is 0. The van der Waals surface area contributed by atoms with Crippen LogP contribution in [0.3, 0.4) is 0 Å². The average Bonchev–Trinajstić information content (AvgIpc) is 2.37. The summed E-state index contributed by atoms with van der Waals surface area (Å²) in [6, 6.07) is 3.01. The van der Waals surface area contributed by atoms with Crippen LogP contribution in [0.4, 0.5) is 0 Å². The SMILES string of the molecule is CCC(CC)c1cc(Br)c(C(=O)N=C(N)N)cc1S(C)(=O)=O. The van der Waals surface area contributed by atoms with E-state index in [1.54, 1.807) is 6.07 Å². The van der Waals surface area contributed by atoms with Crippen molar-refractivity contribution in [2.75, 3.05) is 6.26 Å². The Morgan fingerprint density at radius 1 is 1.27 bits per heavy atom. The van der Waals surface area contributed by atoms with E-state index in [-0.39, 0.29) is 22.3 Å². The third-order valence-corrected chi connectivity index (χ3v) is 5.19. The summed E-state index contributed by atoms with van der Waals surface area (Å²) in [5.74, 6) is -0.969. The zero-order valence-corrected chi connectivity index (χ0v) is 15.2. The fourth-order valence-electron chi connectivity index (χ4n) is 2.28. The van der Waals surface area contributed by atoms with Crippen molar-refractivity contribution in [2.45, 2.75) is 37.5 Å². The van der Waals surface area contributed by atoms with Crippen LogP contribution in [0, 0.1) is 0 Å². The minimum absolute atomic E-state index is 0.0910. The van der Waals surface area contributed by atoms with Gasteiger partial charge in [-0.3, -0.25) is 4.79 Å². The number of carbonyl (C=O) groups is 1. The van der Waals surface area contributed by atoms with Gasteiger partial charge in [-0.05, 0) is 52.4 Å². The van der Waals surface area contributed by atoms with Crippen LogP contribution in [0.1, 0.15) is 48.5 Å². The first-order valence-electron chi connectivity index (χ1n) is 6.79. The lowest BCUT2D eigenvalue weighted by Crippen LogP contribution is -2.24. The van der Waals surface area contributed by atoms with Crippen LogP contribution in [-0.2, 0) is 9.84 Å². The fraction of sp³-hybridized carbons (Fsp3) is 0.429. The molecule has 0 bridgehead atoms.